The third-order valence-corrected chi connectivity index (χ3v) is 5.96. The molecule has 0 aliphatic heterocycles. The molecule has 0 aliphatic carbocycles. The topological polar surface area (TPSA) is 29.9 Å². The molecule has 2 aromatic heterocycles. The Bertz CT molecular complexity index is 1050. The van der Waals surface area contributed by atoms with Gasteiger partial charge in [0.25, 0.3) is 0 Å². The zero-order chi connectivity index (χ0) is 18.6. The van der Waals surface area contributed by atoms with Gasteiger partial charge in [-0.3, -0.25) is 0 Å². The molecule has 0 amide bonds. The summed E-state index contributed by atoms with van der Waals surface area (Å²) in [5.74, 6) is 0. The van der Waals surface area contributed by atoms with Gasteiger partial charge >= 0.3 is 0 Å². The minimum absolute atomic E-state index is 0.746. The quantitative estimate of drug-likeness (QED) is 0.394. The van der Waals surface area contributed by atoms with Crippen LogP contribution in [0.25, 0.3) is 21.5 Å². The van der Waals surface area contributed by atoms with Gasteiger partial charge in [-0.15, -0.1) is 11.3 Å². The highest BCUT2D eigenvalue weighted by Crippen LogP contribution is 2.27. The number of aromatic nitrogens is 2. The number of hydrogen-bond donors (Lipinski definition) is 1. The van der Waals surface area contributed by atoms with Crippen LogP contribution in [-0.2, 0) is 13.1 Å². The molecule has 2 heterocycles. The maximum Gasteiger partial charge on any atom is 0.123 e. The molecule has 0 spiro atoms. The molecule has 0 saturated carbocycles. The summed E-state index contributed by atoms with van der Waals surface area (Å²) in [4.78, 5) is 5.77. The number of nitrogens with zero attached hydrogens (tertiary/aromatic N) is 2. The largest absolute Gasteiger partial charge is 0.345 e. The highest BCUT2D eigenvalue weighted by atomic mass is 35.5. The molecule has 0 aliphatic rings. The van der Waals surface area contributed by atoms with Gasteiger partial charge in [0, 0.05) is 46.0 Å². The molecule has 4 aromatic rings. The molecule has 27 heavy (non-hydrogen) atoms. The van der Waals surface area contributed by atoms with Crippen LogP contribution >= 0.6 is 22.9 Å². The van der Waals surface area contributed by atoms with E-state index in [1.807, 2.05) is 30.5 Å². The fraction of sp³-hybridized carbons (Fsp3) is 0.227. The number of thiazole rings is 1. The molecule has 138 valence electrons. The number of halogens is 1. The Labute approximate surface area is 168 Å². The molecule has 0 radical (unpaired) electrons. The Morgan fingerprint density at radius 1 is 1.11 bits per heavy atom. The van der Waals surface area contributed by atoms with Gasteiger partial charge < -0.3 is 9.88 Å². The number of para-hydroxylation sites is 1. The van der Waals surface area contributed by atoms with E-state index < -0.39 is 0 Å². The van der Waals surface area contributed by atoms with Crippen LogP contribution in [-0.4, -0.2) is 16.1 Å². The highest BCUT2D eigenvalue weighted by molar-refractivity contribution is 7.15. The maximum atomic E-state index is 6.07. The molecule has 0 bridgehead atoms. The second-order valence-corrected chi connectivity index (χ2v) is 8.22. The Kier molecular flexibility index (Phi) is 5.58. The zero-order valence-electron chi connectivity index (χ0n) is 15.3. The van der Waals surface area contributed by atoms with Crippen molar-refractivity contribution in [1.82, 2.24) is 14.9 Å². The van der Waals surface area contributed by atoms with E-state index in [0.29, 0.717) is 0 Å². The van der Waals surface area contributed by atoms with Crippen molar-refractivity contribution in [3.63, 3.8) is 0 Å². The van der Waals surface area contributed by atoms with E-state index in [9.17, 15) is 0 Å². The number of rotatable bonds is 7. The first kappa shape index (κ1) is 18.2. The number of nitrogens with one attached hydrogen (secondary N) is 1. The molecule has 0 saturated heterocycles. The molecule has 3 nitrogen and oxygen atoms in total. The second kappa shape index (κ2) is 8.26. The van der Waals surface area contributed by atoms with E-state index >= 15 is 0 Å². The van der Waals surface area contributed by atoms with Crippen molar-refractivity contribution in [1.29, 1.82) is 0 Å². The van der Waals surface area contributed by atoms with Gasteiger partial charge in [0.05, 0.1) is 0 Å². The lowest BCUT2D eigenvalue weighted by Gasteiger charge is -2.08. The van der Waals surface area contributed by atoms with E-state index in [2.05, 4.69) is 52.1 Å². The van der Waals surface area contributed by atoms with Gasteiger partial charge in [-0.2, -0.15) is 0 Å². The Hall–Kier alpha value is -2.14. The Balaban J connectivity index is 1.29. The van der Waals surface area contributed by atoms with E-state index in [4.69, 9.17) is 11.6 Å². The van der Waals surface area contributed by atoms with Gasteiger partial charge in [-0.1, -0.05) is 41.9 Å². The normalized spacial score (nSPS) is 11.3. The third-order valence-electron chi connectivity index (χ3n) is 4.68. The summed E-state index contributed by atoms with van der Waals surface area (Å²) in [6.45, 7) is 5.05. The van der Waals surface area contributed by atoms with E-state index in [1.165, 1.54) is 21.5 Å². The minimum atomic E-state index is 0.746. The monoisotopic (exact) mass is 395 g/mol. The lowest BCUT2D eigenvalue weighted by Crippen LogP contribution is -2.16. The number of aryl methyl sites for hydroxylation is 2. The van der Waals surface area contributed by atoms with Gasteiger partial charge in [0.15, 0.2) is 0 Å². The first-order valence-electron chi connectivity index (χ1n) is 9.17. The van der Waals surface area contributed by atoms with Gasteiger partial charge in [-0.05, 0) is 49.5 Å². The SMILES string of the molecule is Cc1cc2ccccc2n1CCCNCc1cnc(-c2cccc(Cl)c2)s1. The number of hydrogen-bond acceptors (Lipinski definition) is 3. The van der Waals surface area contributed by atoms with Crippen molar-refractivity contribution >= 4 is 33.8 Å². The highest BCUT2D eigenvalue weighted by Gasteiger charge is 2.06. The predicted molar refractivity (Wildman–Crippen MR) is 116 cm³/mol. The van der Waals surface area contributed by atoms with Crippen LogP contribution in [0.4, 0.5) is 0 Å². The predicted octanol–water partition coefficient (Wildman–Crippen LogP) is 5.91. The fourth-order valence-corrected chi connectivity index (χ4v) is 4.43. The van der Waals surface area contributed by atoms with Crippen LogP contribution in [0.3, 0.4) is 0 Å². The van der Waals surface area contributed by atoms with Crippen LogP contribution in [0.15, 0.2) is 60.8 Å². The van der Waals surface area contributed by atoms with Crippen molar-refractivity contribution < 1.29 is 0 Å². The summed E-state index contributed by atoms with van der Waals surface area (Å²) in [6, 6.07) is 18.7. The Morgan fingerprint density at radius 2 is 2.00 bits per heavy atom. The standard InChI is InChI=1S/C22H22ClN3S/c1-16-12-17-6-2-3-9-21(17)26(16)11-5-10-24-14-20-15-25-22(27-20)18-7-4-8-19(23)13-18/h2-4,6-9,12-13,15,24H,5,10-11,14H2,1H3. The summed E-state index contributed by atoms with van der Waals surface area (Å²) in [5.41, 5.74) is 3.72. The first-order valence-corrected chi connectivity index (χ1v) is 10.4. The summed E-state index contributed by atoms with van der Waals surface area (Å²) in [5, 5.41) is 6.62. The summed E-state index contributed by atoms with van der Waals surface area (Å²) in [7, 11) is 0. The van der Waals surface area contributed by atoms with Crippen LogP contribution < -0.4 is 5.32 Å². The average molecular weight is 396 g/mol. The summed E-state index contributed by atoms with van der Waals surface area (Å²) in [6.07, 6.45) is 3.05. The number of fused-ring (bicyclic) bond motifs is 1. The van der Waals surface area contributed by atoms with Gasteiger partial charge in [0.1, 0.15) is 5.01 Å². The van der Waals surface area contributed by atoms with Crippen molar-refractivity contribution in [2.75, 3.05) is 6.54 Å². The smallest absolute Gasteiger partial charge is 0.123 e. The number of benzene rings is 2. The molecular formula is C22H22ClN3S. The van der Waals surface area contributed by atoms with Crippen molar-refractivity contribution in [3.05, 3.63) is 76.4 Å². The molecule has 1 N–H and O–H groups in total. The van der Waals surface area contributed by atoms with E-state index in [0.717, 1.165) is 41.6 Å². The molecule has 0 atom stereocenters. The maximum absolute atomic E-state index is 6.07. The molecule has 5 heteroatoms. The third kappa shape index (κ3) is 4.24. The molecule has 2 aromatic carbocycles. The van der Waals surface area contributed by atoms with Crippen LogP contribution in [0.2, 0.25) is 5.02 Å². The Morgan fingerprint density at radius 3 is 2.89 bits per heavy atom. The zero-order valence-corrected chi connectivity index (χ0v) is 16.9. The molecule has 4 rings (SSSR count). The van der Waals surface area contributed by atoms with Gasteiger partial charge in [-0.25, -0.2) is 4.98 Å². The van der Waals surface area contributed by atoms with E-state index in [-0.39, 0.29) is 0 Å². The summed E-state index contributed by atoms with van der Waals surface area (Å²) >= 11 is 7.79. The van der Waals surface area contributed by atoms with Crippen molar-refractivity contribution in [3.8, 4) is 10.6 Å². The first-order chi connectivity index (χ1) is 13.2. The second-order valence-electron chi connectivity index (χ2n) is 6.67. The molecule has 0 fully saturated rings. The van der Waals surface area contributed by atoms with Crippen LogP contribution in [0.1, 0.15) is 17.0 Å². The molecule has 0 unspecified atom stereocenters. The van der Waals surface area contributed by atoms with Crippen molar-refractivity contribution in [2.24, 2.45) is 0 Å². The van der Waals surface area contributed by atoms with Crippen LogP contribution in [0.5, 0.6) is 0 Å². The summed E-state index contributed by atoms with van der Waals surface area (Å²) < 4.78 is 2.40. The lowest BCUT2D eigenvalue weighted by molar-refractivity contribution is 0.586. The van der Waals surface area contributed by atoms with Gasteiger partial charge in [0.2, 0.25) is 0 Å². The fourth-order valence-electron chi connectivity index (χ4n) is 3.36. The molecular weight excluding hydrogens is 374 g/mol. The minimum Gasteiger partial charge on any atom is -0.345 e. The lowest BCUT2D eigenvalue weighted by atomic mass is 10.2. The van der Waals surface area contributed by atoms with E-state index in [1.54, 1.807) is 11.3 Å². The average Bonchev–Trinajstić information content (AvgIpc) is 3.26. The van der Waals surface area contributed by atoms with Crippen molar-refractivity contribution in [2.45, 2.75) is 26.4 Å². The van der Waals surface area contributed by atoms with Crippen LogP contribution in [0, 0.1) is 6.92 Å².